The third-order valence-corrected chi connectivity index (χ3v) is 4.28. The van der Waals surface area contributed by atoms with Gasteiger partial charge in [0.15, 0.2) is 0 Å². The summed E-state index contributed by atoms with van der Waals surface area (Å²) in [6.45, 7) is 6.89. The summed E-state index contributed by atoms with van der Waals surface area (Å²) in [4.78, 5) is 2.57. The van der Waals surface area contributed by atoms with Gasteiger partial charge in [-0.25, -0.2) is 0 Å². The van der Waals surface area contributed by atoms with Crippen molar-refractivity contribution in [2.45, 2.75) is 45.3 Å². The van der Waals surface area contributed by atoms with E-state index in [1.54, 1.807) is 0 Å². The van der Waals surface area contributed by atoms with Gasteiger partial charge < -0.3 is 9.64 Å². The lowest BCUT2D eigenvalue weighted by Crippen LogP contribution is -2.42. The molecule has 100 valence electrons. The summed E-state index contributed by atoms with van der Waals surface area (Å²) in [5.41, 5.74) is 0. The lowest BCUT2D eigenvalue weighted by atomic mass is 10.0. The van der Waals surface area contributed by atoms with Crippen molar-refractivity contribution in [2.75, 3.05) is 13.1 Å². The molecular formula is C15H22BrNO. The molecule has 1 aromatic carbocycles. The summed E-state index contributed by atoms with van der Waals surface area (Å²) >= 11 is 3.48. The molecule has 1 heterocycles. The fourth-order valence-electron chi connectivity index (χ4n) is 2.43. The monoisotopic (exact) mass is 311 g/mol. The zero-order chi connectivity index (χ0) is 13.0. The van der Waals surface area contributed by atoms with Gasteiger partial charge in [-0.2, -0.15) is 0 Å². The maximum Gasteiger partial charge on any atom is 0.120 e. The van der Waals surface area contributed by atoms with E-state index in [1.807, 2.05) is 24.3 Å². The Morgan fingerprint density at radius 2 is 2.11 bits per heavy atom. The molecule has 2 rings (SSSR count). The number of likely N-dealkylation sites (tertiary alicyclic amines) is 1. The van der Waals surface area contributed by atoms with Crippen molar-refractivity contribution >= 4 is 15.9 Å². The van der Waals surface area contributed by atoms with Crippen LogP contribution in [0.3, 0.4) is 0 Å². The molecule has 1 fully saturated rings. The fraction of sp³-hybridized carbons (Fsp3) is 0.600. The van der Waals surface area contributed by atoms with E-state index >= 15 is 0 Å². The zero-order valence-electron chi connectivity index (χ0n) is 11.2. The third kappa shape index (κ3) is 3.72. The standard InChI is InChI=1S/C15H22BrNO/c1-3-12(2)17-9-7-14(8-10-17)18-15-6-4-5-13(16)11-15/h4-6,11-12,14H,3,7-10H2,1-2H3. The molecule has 1 atom stereocenters. The van der Waals surface area contributed by atoms with E-state index in [0.29, 0.717) is 12.1 Å². The Labute approximate surface area is 118 Å². The summed E-state index contributed by atoms with van der Waals surface area (Å²) in [7, 11) is 0. The molecule has 0 aliphatic carbocycles. The Hall–Kier alpha value is -0.540. The van der Waals surface area contributed by atoms with Gasteiger partial charge >= 0.3 is 0 Å². The van der Waals surface area contributed by atoms with Crippen LogP contribution < -0.4 is 4.74 Å². The van der Waals surface area contributed by atoms with Crippen LogP contribution >= 0.6 is 15.9 Å². The van der Waals surface area contributed by atoms with Crippen LogP contribution in [-0.4, -0.2) is 30.1 Å². The largest absolute Gasteiger partial charge is 0.490 e. The van der Waals surface area contributed by atoms with Gasteiger partial charge in [0.1, 0.15) is 11.9 Å². The summed E-state index contributed by atoms with van der Waals surface area (Å²) in [6.07, 6.45) is 3.88. The molecule has 1 saturated heterocycles. The Kier molecular flexibility index (Phi) is 5.07. The van der Waals surface area contributed by atoms with Gasteiger partial charge in [-0.05, 0) is 44.4 Å². The quantitative estimate of drug-likeness (QED) is 0.830. The second-order valence-corrected chi connectivity index (χ2v) is 5.98. The van der Waals surface area contributed by atoms with Crippen LogP contribution in [0, 0.1) is 0 Å². The predicted octanol–water partition coefficient (Wildman–Crippen LogP) is 4.09. The van der Waals surface area contributed by atoms with Gasteiger partial charge in [0.2, 0.25) is 0 Å². The van der Waals surface area contributed by atoms with Crippen LogP contribution in [0.2, 0.25) is 0 Å². The summed E-state index contributed by atoms with van der Waals surface area (Å²) in [6, 6.07) is 8.83. The number of halogens is 1. The fourth-order valence-corrected chi connectivity index (χ4v) is 2.80. The second-order valence-electron chi connectivity index (χ2n) is 5.07. The molecule has 0 aromatic heterocycles. The SMILES string of the molecule is CCC(C)N1CCC(Oc2cccc(Br)c2)CC1. The minimum atomic E-state index is 0.375. The molecule has 2 nitrogen and oxygen atoms in total. The molecule has 1 aliphatic heterocycles. The highest BCUT2D eigenvalue weighted by Gasteiger charge is 2.22. The highest BCUT2D eigenvalue weighted by molar-refractivity contribution is 9.10. The Morgan fingerprint density at radius 1 is 1.39 bits per heavy atom. The van der Waals surface area contributed by atoms with Crippen molar-refractivity contribution in [1.29, 1.82) is 0 Å². The van der Waals surface area contributed by atoms with E-state index in [0.717, 1.165) is 36.2 Å². The smallest absolute Gasteiger partial charge is 0.120 e. The second kappa shape index (κ2) is 6.58. The van der Waals surface area contributed by atoms with Crippen molar-refractivity contribution in [3.63, 3.8) is 0 Å². The Balaban J connectivity index is 1.83. The number of benzene rings is 1. The number of hydrogen-bond acceptors (Lipinski definition) is 2. The average molecular weight is 312 g/mol. The van der Waals surface area contributed by atoms with E-state index in [2.05, 4.69) is 34.7 Å². The zero-order valence-corrected chi connectivity index (χ0v) is 12.8. The van der Waals surface area contributed by atoms with Crippen LogP contribution in [-0.2, 0) is 0 Å². The number of ether oxygens (including phenoxy) is 1. The first-order valence-corrected chi connectivity index (χ1v) is 7.64. The molecule has 1 aliphatic rings. The molecule has 0 amide bonds. The van der Waals surface area contributed by atoms with E-state index in [-0.39, 0.29) is 0 Å². The van der Waals surface area contributed by atoms with Gasteiger partial charge in [0.25, 0.3) is 0 Å². The molecule has 0 spiro atoms. The topological polar surface area (TPSA) is 12.5 Å². The molecule has 0 saturated carbocycles. The maximum atomic E-state index is 6.04. The van der Waals surface area contributed by atoms with Gasteiger partial charge in [-0.1, -0.05) is 28.9 Å². The Bertz CT molecular complexity index is 375. The number of nitrogens with zero attached hydrogens (tertiary/aromatic N) is 1. The summed E-state index contributed by atoms with van der Waals surface area (Å²) in [5, 5.41) is 0. The number of rotatable bonds is 4. The first kappa shape index (κ1) is 13.9. The van der Waals surface area contributed by atoms with Gasteiger partial charge in [0, 0.05) is 23.6 Å². The van der Waals surface area contributed by atoms with Crippen LogP contribution in [0.1, 0.15) is 33.1 Å². The molecule has 18 heavy (non-hydrogen) atoms. The lowest BCUT2D eigenvalue weighted by Gasteiger charge is -2.35. The van der Waals surface area contributed by atoms with E-state index in [1.165, 1.54) is 6.42 Å². The van der Waals surface area contributed by atoms with Crippen molar-refractivity contribution in [2.24, 2.45) is 0 Å². The van der Waals surface area contributed by atoms with Crippen LogP contribution in [0.25, 0.3) is 0 Å². The maximum absolute atomic E-state index is 6.04. The molecule has 1 unspecified atom stereocenters. The van der Waals surface area contributed by atoms with Crippen molar-refractivity contribution < 1.29 is 4.74 Å². The third-order valence-electron chi connectivity index (χ3n) is 3.79. The first-order valence-electron chi connectivity index (χ1n) is 6.85. The predicted molar refractivity (Wildman–Crippen MR) is 79.1 cm³/mol. The minimum absolute atomic E-state index is 0.375. The van der Waals surface area contributed by atoms with E-state index < -0.39 is 0 Å². The summed E-state index contributed by atoms with van der Waals surface area (Å²) in [5.74, 6) is 0.978. The molecule has 0 bridgehead atoms. The highest BCUT2D eigenvalue weighted by Crippen LogP contribution is 2.23. The van der Waals surface area contributed by atoms with Crippen LogP contribution in [0.5, 0.6) is 5.75 Å². The molecular weight excluding hydrogens is 290 g/mol. The van der Waals surface area contributed by atoms with Gasteiger partial charge in [0.05, 0.1) is 0 Å². The first-order chi connectivity index (χ1) is 8.69. The van der Waals surface area contributed by atoms with E-state index in [4.69, 9.17) is 4.74 Å². The van der Waals surface area contributed by atoms with E-state index in [9.17, 15) is 0 Å². The molecule has 0 radical (unpaired) electrons. The molecule has 0 N–H and O–H groups in total. The minimum Gasteiger partial charge on any atom is -0.490 e. The van der Waals surface area contributed by atoms with Crippen LogP contribution in [0.15, 0.2) is 28.7 Å². The lowest BCUT2D eigenvalue weighted by molar-refractivity contribution is 0.0788. The summed E-state index contributed by atoms with van der Waals surface area (Å²) < 4.78 is 7.12. The number of hydrogen-bond donors (Lipinski definition) is 0. The molecule has 1 aromatic rings. The normalized spacial score (nSPS) is 19.7. The number of piperidine rings is 1. The van der Waals surface area contributed by atoms with Gasteiger partial charge in [-0.15, -0.1) is 0 Å². The van der Waals surface area contributed by atoms with Crippen LogP contribution in [0.4, 0.5) is 0 Å². The van der Waals surface area contributed by atoms with Crippen molar-refractivity contribution in [1.82, 2.24) is 4.90 Å². The highest BCUT2D eigenvalue weighted by atomic mass is 79.9. The van der Waals surface area contributed by atoms with Crippen molar-refractivity contribution in [3.8, 4) is 5.75 Å². The van der Waals surface area contributed by atoms with Crippen molar-refractivity contribution in [3.05, 3.63) is 28.7 Å². The van der Waals surface area contributed by atoms with Gasteiger partial charge in [-0.3, -0.25) is 0 Å². The Morgan fingerprint density at radius 3 is 2.72 bits per heavy atom. The molecule has 3 heteroatoms. The average Bonchev–Trinajstić information content (AvgIpc) is 2.39.